The van der Waals surface area contributed by atoms with Crippen molar-refractivity contribution in [2.75, 3.05) is 5.32 Å². The van der Waals surface area contributed by atoms with Gasteiger partial charge in [-0.25, -0.2) is 21.6 Å². The molecule has 0 aromatic heterocycles. The first-order valence-electron chi connectivity index (χ1n) is 8.87. The van der Waals surface area contributed by atoms with Crippen LogP contribution in [0.2, 0.25) is 0 Å². The molecule has 0 spiro atoms. The van der Waals surface area contributed by atoms with Crippen LogP contribution in [0.25, 0.3) is 0 Å². The molecule has 1 fully saturated rings. The van der Waals surface area contributed by atoms with Gasteiger partial charge in [-0.15, -0.1) is 0 Å². The van der Waals surface area contributed by atoms with Crippen molar-refractivity contribution in [3.8, 4) is 0 Å². The maximum atomic E-state index is 14.0. The number of hydrogen-bond acceptors (Lipinski definition) is 3. The third kappa shape index (κ3) is 3.19. The zero-order valence-electron chi connectivity index (χ0n) is 15.5. The predicted octanol–water partition coefficient (Wildman–Crippen LogP) is 4.45. The molecule has 1 aliphatic carbocycles. The summed E-state index contributed by atoms with van der Waals surface area (Å²) in [7, 11) is -4.09. The van der Waals surface area contributed by atoms with Crippen molar-refractivity contribution in [2.45, 2.75) is 49.2 Å². The van der Waals surface area contributed by atoms with Gasteiger partial charge in [0.1, 0.15) is 0 Å². The number of aryl methyl sites for hydroxylation is 2. The Morgan fingerprint density at radius 1 is 0.964 bits per heavy atom. The number of carbonyl (C=O) groups excluding carboxylic acids is 1. The maximum Gasteiger partial charge on any atom is 0.246 e. The minimum Gasteiger partial charge on any atom is -0.322 e. The molecule has 3 rings (SSSR count). The summed E-state index contributed by atoms with van der Waals surface area (Å²) < 4.78 is 65.5. The van der Waals surface area contributed by atoms with Gasteiger partial charge in [0, 0.05) is 0 Å². The number of nitrogens with one attached hydrogen (secondary N) is 1. The van der Waals surface area contributed by atoms with E-state index in [1.807, 2.05) is 6.92 Å². The van der Waals surface area contributed by atoms with E-state index < -0.39 is 43.6 Å². The number of halogens is 3. The number of amides is 1. The van der Waals surface area contributed by atoms with Crippen molar-refractivity contribution in [1.82, 2.24) is 0 Å². The lowest BCUT2D eigenvalue weighted by Crippen LogP contribution is -2.47. The molecule has 0 bridgehead atoms. The molecule has 0 radical (unpaired) electrons. The normalized spacial score (nSPS) is 16.2. The zero-order chi connectivity index (χ0) is 20.7. The van der Waals surface area contributed by atoms with Gasteiger partial charge < -0.3 is 5.32 Å². The molecule has 0 atom stereocenters. The van der Waals surface area contributed by atoms with E-state index in [4.69, 9.17) is 0 Å². The number of carbonyl (C=O) groups is 1. The molecule has 4 nitrogen and oxygen atoms in total. The summed E-state index contributed by atoms with van der Waals surface area (Å²) in [5.74, 6) is -5.62. The van der Waals surface area contributed by atoms with Crippen molar-refractivity contribution in [3.63, 3.8) is 0 Å². The van der Waals surface area contributed by atoms with Crippen LogP contribution >= 0.6 is 0 Å². The number of rotatable bonds is 4. The highest BCUT2D eigenvalue weighted by atomic mass is 32.2. The summed E-state index contributed by atoms with van der Waals surface area (Å²) in [5, 5.41) is 2.16. The highest BCUT2D eigenvalue weighted by Gasteiger charge is 2.53. The van der Waals surface area contributed by atoms with Gasteiger partial charge in [0.2, 0.25) is 5.91 Å². The van der Waals surface area contributed by atoms with Crippen molar-refractivity contribution in [1.29, 1.82) is 0 Å². The minimum atomic E-state index is -4.09. The lowest BCUT2D eigenvalue weighted by atomic mass is 10.1. The SMILES string of the molecule is Cc1ccc(S(=O)(=O)C2(C(=O)Nc3ccc(F)c(F)c3F)CCCC2)cc1C. The van der Waals surface area contributed by atoms with E-state index in [1.165, 1.54) is 12.1 Å². The van der Waals surface area contributed by atoms with Crippen LogP contribution in [0.15, 0.2) is 35.2 Å². The molecule has 8 heteroatoms. The molecule has 2 aromatic carbocycles. The van der Waals surface area contributed by atoms with Crippen molar-refractivity contribution < 1.29 is 26.4 Å². The Bertz CT molecular complexity index is 1040. The van der Waals surface area contributed by atoms with Crippen LogP contribution in [0.4, 0.5) is 18.9 Å². The maximum absolute atomic E-state index is 14.0. The Labute approximate surface area is 161 Å². The molecule has 0 heterocycles. The van der Waals surface area contributed by atoms with Crippen LogP contribution in [-0.2, 0) is 14.6 Å². The van der Waals surface area contributed by atoms with Gasteiger partial charge in [0.25, 0.3) is 0 Å². The van der Waals surface area contributed by atoms with E-state index in [9.17, 15) is 26.4 Å². The lowest BCUT2D eigenvalue weighted by Gasteiger charge is -2.28. The standard InChI is InChI=1S/C20H20F3NO3S/c1-12-5-6-14(11-13(12)2)28(26,27)20(9-3-4-10-20)19(25)24-16-8-7-15(21)17(22)18(16)23/h5-8,11H,3-4,9-10H2,1-2H3,(H,24,25). The molecule has 1 saturated carbocycles. The predicted molar refractivity (Wildman–Crippen MR) is 99.2 cm³/mol. The molecular formula is C20H20F3NO3S. The first kappa shape index (κ1) is 20.4. The average molecular weight is 411 g/mol. The van der Waals surface area contributed by atoms with E-state index >= 15 is 0 Å². The zero-order valence-corrected chi connectivity index (χ0v) is 16.3. The van der Waals surface area contributed by atoms with Crippen molar-refractivity contribution in [2.24, 2.45) is 0 Å². The van der Waals surface area contributed by atoms with Crippen LogP contribution in [-0.4, -0.2) is 19.1 Å². The number of benzene rings is 2. The average Bonchev–Trinajstić information content (AvgIpc) is 3.16. The van der Waals surface area contributed by atoms with Gasteiger partial charge in [-0.05, 0) is 62.1 Å². The third-order valence-electron chi connectivity index (χ3n) is 5.41. The monoisotopic (exact) mass is 411 g/mol. The second-order valence-electron chi connectivity index (χ2n) is 7.13. The molecule has 0 aliphatic heterocycles. The summed E-state index contributed by atoms with van der Waals surface area (Å²) in [4.78, 5) is 13.0. The second kappa shape index (κ2) is 7.24. The molecule has 28 heavy (non-hydrogen) atoms. The molecule has 1 amide bonds. The number of hydrogen-bond donors (Lipinski definition) is 1. The molecule has 1 aliphatic rings. The van der Waals surface area contributed by atoms with Crippen molar-refractivity contribution >= 4 is 21.4 Å². The van der Waals surface area contributed by atoms with Crippen LogP contribution in [0.1, 0.15) is 36.8 Å². The van der Waals surface area contributed by atoms with Gasteiger partial charge >= 0.3 is 0 Å². The second-order valence-corrected chi connectivity index (χ2v) is 9.39. The van der Waals surface area contributed by atoms with Crippen molar-refractivity contribution in [3.05, 3.63) is 58.9 Å². The van der Waals surface area contributed by atoms with Gasteiger partial charge in [-0.1, -0.05) is 18.9 Å². The van der Waals surface area contributed by atoms with Crippen LogP contribution in [0.3, 0.4) is 0 Å². The van der Waals surface area contributed by atoms with Crippen LogP contribution in [0.5, 0.6) is 0 Å². The molecule has 0 saturated heterocycles. The fourth-order valence-electron chi connectivity index (χ4n) is 3.53. The van der Waals surface area contributed by atoms with Gasteiger partial charge in [-0.3, -0.25) is 4.79 Å². The summed E-state index contributed by atoms with van der Waals surface area (Å²) in [6, 6.07) is 6.17. The fourth-order valence-corrected chi connectivity index (χ4v) is 5.68. The molecule has 1 N–H and O–H groups in total. The van der Waals surface area contributed by atoms with E-state index in [0.717, 1.165) is 17.2 Å². The topological polar surface area (TPSA) is 63.2 Å². The van der Waals surface area contributed by atoms with Crippen LogP contribution < -0.4 is 5.32 Å². The number of sulfone groups is 1. The molecule has 150 valence electrons. The van der Waals surface area contributed by atoms with Crippen LogP contribution in [0, 0.1) is 31.3 Å². The van der Waals surface area contributed by atoms with E-state index in [-0.39, 0.29) is 17.7 Å². The summed E-state index contributed by atoms with van der Waals surface area (Å²) in [5.41, 5.74) is 1.08. The Morgan fingerprint density at radius 2 is 1.61 bits per heavy atom. The molecule has 0 unspecified atom stereocenters. The van der Waals surface area contributed by atoms with Gasteiger partial charge in [0.15, 0.2) is 32.0 Å². The Kier molecular flexibility index (Phi) is 5.27. The largest absolute Gasteiger partial charge is 0.322 e. The van der Waals surface area contributed by atoms with Gasteiger partial charge in [-0.2, -0.15) is 0 Å². The molecule has 2 aromatic rings. The van der Waals surface area contributed by atoms with E-state index in [0.29, 0.717) is 18.9 Å². The third-order valence-corrected chi connectivity index (χ3v) is 7.91. The summed E-state index contributed by atoms with van der Waals surface area (Å²) in [6.45, 7) is 3.61. The highest BCUT2D eigenvalue weighted by Crippen LogP contribution is 2.42. The first-order chi connectivity index (χ1) is 13.1. The van der Waals surface area contributed by atoms with Gasteiger partial charge in [0.05, 0.1) is 10.6 Å². The minimum absolute atomic E-state index is 0.0124. The van der Waals surface area contributed by atoms with E-state index in [1.54, 1.807) is 13.0 Å². The lowest BCUT2D eigenvalue weighted by molar-refractivity contribution is -0.118. The first-order valence-corrected chi connectivity index (χ1v) is 10.4. The molecular weight excluding hydrogens is 391 g/mol. The summed E-state index contributed by atoms with van der Waals surface area (Å²) >= 11 is 0. The smallest absolute Gasteiger partial charge is 0.246 e. The fraction of sp³-hybridized carbons (Fsp3) is 0.350. The Hall–Kier alpha value is -2.35. The van der Waals surface area contributed by atoms with E-state index in [2.05, 4.69) is 5.32 Å². The Morgan fingerprint density at radius 3 is 2.21 bits per heavy atom. The quantitative estimate of drug-likeness (QED) is 0.757. The highest BCUT2D eigenvalue weighted by molar-refractivity contribution is 7.93. The Balaban J connectivity index is 2.03. The summed E-state index contributed by atoms with van der Waals surface area (Å²) in [6.07, 6.45) is 1.16. The number of anilines is 1.